The molecule has 0 amide bonds. The summed E-state index contributed by atoms with van der Waals surface area (Å²) < 4.78 is 33.5. The Labute approximate surface area is 84.6 Å². The second-order valence-electron chi connectivity index (χ2n) is 1.87. The highest BCUT2D eigenvalue weighted by Crippen LogP contribution is 2.32. The molecule has 10 heteroatoms. The maximum absolute atomic E-state index is 11.9. The molecule has 0 bridgehead atoms. The van der Waals surface area contributed by atoms with Crippen molar-refractivity contribution in [3.05, 3.63) is 5.82 Å². The van der Waals surface area contributed by atoms with Crippen LogP contribution in [0.5, 0.6) is 0 Å². The van der Waals surface area contributed by atoms with Crippen molar-refractivity contribution >= 4 is 34.8 Å². The molecule has 1 aromatic heterocycles. The second kappa shape index (κ2) is 3.14. The van der Waals surface area contributed by atoms with E-state index in [4.69, 9.17) is 34.8 Å². The smallest absolute Gasteiger partial charge is 0.163 e. The van der Waals surface area contributed by atoms with Crippen molar-refractivity contribution < 1.29 is 13.2 Å². The molecule has 13 heavy (non-hydrogen) atoms. The molecule has 0 spiro atoms. The number of nitrogens with zero attached hydrogens (tertiary/aromatic N) is 4. The average Bonchev–Trinajstić information content (AvgIpc) is 2.28. The Bertz CT molecular complexity index is 273. The topological polar surface area (TPSA) is 43.6 Å². The quantitative estimate of drug-likeness (QED) is 0.666. The van der Waals surface area contributed by atoms with Crippen LogP contribution in [0.4, 0.5) is 13.2 Å². The Balaban J connectivity index is 3.01. The minimum Gasteiger partial charge on any atom is -0.163 e. The summed E-state index contributed by atoms with van der Waals surface area (Å²) in [5.74, 6) is -1.46. The molecule has 1 aromatic rings. The van der Waals surface area contributed by atoms with Crippen molar-refractivity contribution in [2.45, 2.75) is 10.1 Å². The number of alkyl halides is 6. The molecular weight excluding hydrogens is 255 g/mol. The van der Waals surface area contributed by atoms with Gasteiger partial charge in [-0.25, -0.2) is 0 Å². The van der Waals surface area contributed by atoms with E-state index in [1.165, 1.54) is 0 Å². The van der Waals surface area contributed by atoms with Crippen LogP contribution in [-0.4, -0.2) is 20.2 Å². The second-order valence-corrected chi connectivity index (χ2v) is 4.09. The number of tetrazole rings is 1. The third kappa shape index (κ3) is 2.58. The highest BCUT2D eigenvalue weighted by molar-refractivity contribution is 6.64. The maximum Gasteiger partial charge on any atom is 0.455 e. The number of rotatable bonds is 0. The zero-order valence-electron chi connectivity index (χ0n) is 5.56. The van der Waals surface area contributed by atoms with Gasteiger partial charge in [-0.05, 0) is 5.21 Å². The summed E-state index contributed by atoms with van der Waals surface area (Å²) in [5.41, 5.74) is 0. The Morgan fingerprint density at radius 3 is 1.92 bits per heavy atom. The molecule has 0 radical (unpaired) electrons. The lowest BCUT2D eigenvalue weighted by molar-refractivity contribution is -0.145. The summed E-state index contributed by atoms with van der Waals surface area (Å²) >= 11 is 15.6. The third-order valence-corrected chi connectivity index (χ3v) is 1.35. The van der Waals surface area contributed by atoms with E-state index in [1.807, 2.05) is 0 Å². The van der Waals surface area contributed by atoms with E-state index in [0.29, 0.717) is 0 Å². The van der Waals surface area contributed by atoms with Crippen LogP contribution in [-0.2, 0) is 10.1 Å². The van der Waals surface area contributed by atoms with Crippen LogP contribution >= 0.6 is 34.8 Å². The Kier molecular flexibility index (Phi) is 2.61. The van der Waals surface area contributed by atoms with Crippen LogP contribution in [0.2, 0.25) is 0 Å². The number of halogens is 6. The van der Waals surface area contributed by atoms with E-state index < -0.39 is 15.9 Å². The fourth-order valence-electron chi connectivity index (χ4n) is 0.435. The summed E-state index contributed by atoms with van der Waals surface area (Å²) in [6.07, 6.45) is -4.70. The van der Waals surface area contributed by atoms with E-state index in [1.54, 1.807) is 0 Å². The monoisotopic (exact) mass is 254 g/mol. The van der Waals surface area contributed by atoms with E-state index in [-0.39, 0.29) is 4.80 Å². The number of hydrogen-bond acceptors (Lipinski definition) is 3. The minimum absolute atomic E-state index is 0.237. The van der Waals surface area contributed by atoms with Gasteiger partial charge in [0.15, 0.2) is 0 Å². The van der Waals surface area contributed by atoms with Gasteiger partial charge in [0, 0.05) is 0 Å². The molecule has 0 fully saturated rings. The van der Waals surface area contributed by atoms with Gasteiger partial charge in [0.2, 0.25) is 0 Å². The molecule has 74 valence electrons. The van der Waals surface area contributed by atoms with Gasteiger partial charge in [0.05, 0.1) is 0 Å². The molecule has 0 atom stereocenters. The first-order valence-corrected chi connectivity index (χ1v) is 3.79. The number of aromatic nitrogens is 4. The Morgan fingerprint density at radius 1 is 1.15 bits per heavy atom. The van der Waals surface area contributed by atoms with Gasteiger partial charge < -0.3 is 0 Å². The molecule has 4 nitrogen and oxygen atoms in total. The van der Waals surface area contributed by atoms with Crippen molar-refractivity contribution in [2.75, 3.05) is 0 Å². The van der Waals surface area contributed by atoms with Crippen molar-refractivity contribution in [2.24, 2.45) is 0 Å². The van der Waals surface area contributed by atoms with Gasteiger partial charge >= 0.3 is 10.1 Å². The zero-order chi connectivity index (χ0) is 10.3. The highest BCUT2D eigenvalue weighted by atomic mass is 35.6. The SMILES string of the molecule is FC(F)(F)c1nnn(C(Cl)(Cl)Cl)n1. The largest absolute Gasteiger partial charge is 0.455 e. The normalized spacial score (nSPS) is 13.4. The lowest BCUT2D eigenvalue weighted by Crippen LogP contribution is -2.17. The zero-order valence-corrected chi connectivity index (χ0v) is 7.82. The molecule has 0 unspecified atom stereocenters. The summed E-state index contributed by atoms with van der Waals surface area (Å²) in [5, 5.41) is 8.40. The lowest BCUT2D eigenvalue weighted by Gasteiger charge is -2.06. The van der Waals surface area contributed by atoms with Crippen molar-refractivity contribution in [3.8, 4) is 0 Å². The molecule has 0 saturated heterocycles. The van der Waals surface area contributed by atoms with E-state index in [2.05, 4.69) is 15.4 Å². The van der Waals surface area contributed by atoms with Gasteiger partial charge in [0.1, 0.15) is 0 Å². The van der Waals surface area contributed by atoms with Crippen molar-refractivity contribution in [3.63, 3.8) is 0 Å². The highest BCUT2D eigenvalue weighted by Gasteiger charge is 2.39. The van der Waals surface area contributed by atoms with Crippen LogP contribution in [0.3, 0.4) is 0 Å². The molecule has 0 aliphatic carbocycles. The first kappa shape index (κ1) is 10.8. The minimum atomic E-state index is -4.70. The van der Waals surface area contributed by atoms with E-state index in [0.717, 1.165) is 0 Å². The van der Waals surface area contributed by atoms with Crippen molar-refractivity contribution in [1.29, 1.82) is 0 Å². The molecule has 0 saturated carbocycles. The van der Waals surface area contributed by atoms with Crippen LogP contribution in [0.1, 0.15) is 5.82 Å². The predicted molar refractivity (Wildman–Crippen MR) is 38.4 cm³/mol. The molecule has 0 aliphatic heterocycles. The van der Waals surface area contributed by atoms with Gasteiger partial charge in [0.25, 0.3) is 5.82 Å². The molecule has 0 aromatic carbocycles. The van der Waals surface area contributed by atoms with E-state index >= 15 is 0 Å². The maximum atomic E-state index is 11.9. The number of hydrogen-bond donors (Lipinski definition) is 0. The fraction of sp³-hybridized carbons (Fsp3) is 0.667. The fourth-order valence-corrected chi connectivity index (χ4v) is 0.650. The molecule has 1 rings (SSSR count). The molecular formula is C3Cl3F3N4. The van der Waals surface area contributed by atoms with Gasteiger partial charge in [-0.15, -0.1) is 15.0 Å². The van der Waals surface area contributed by atoms with Crippen LogP contribution < -0.4 is 0 Å². The van der Waals surface area contributed by atoms with Gasteiger partial charge in [-0.2, -0.15) is 13.2 Å². The van der Waals surface area contributed by atoms with Crippen molar-refractivity contribution in [1.82, 2.24) is 20.2 Å². The van der Waals surface area contributed by atoms with Gasteiger partial charge in [-0.3, -0.25) is 0 Å². The third-order valence-electron chi connectivity index (χ3n) is 0.894. The van der Waals surface area contributed by atoms with E-state index in [9.17, 15) is 13.2 Å². The summed E-state index contributed by atoms with van der Waals surface area (Å²) in [4.78, 5) is 0.237. The lowest BCUT2D eigenvalue weighted by atomic mass is 10.6. The molecule has 0 aliphatic rings. The Morgan fingerprint density at radius 2 is 1.69 bits per heavy atom. The first-order valence-electron chi connectivity index (χ1n) is 2.65. The molecule has 0 N–H and O–H groups in total. The standard InChI is InChI=1S/C3Cl3F3N4/c4-3(5,6)13-11-1(10-12-13)2(7,8)9. The van der Waals surface area contributed by atoms with Crippen LogP contribution in [0, 0.1) is 0 Å². The summed E-state index contributed by atoms with van der Waals surface area (Å²) in [6.45, 7) is 0. The average molecular weight is 255 g/mol. The first-order chi connectivity index (χ1) is 5.71. The summed E-state index contributed by atoms with van der Waals surface area (Å²) in [7, 11) is 0. The van der Waals surface area contributed by atoms with Crippen LogP contribution in [0.25, 0.3) is 0 Å². The summed E-state index contributed by atoms with van der Waals surface area (Å²) in [6, 6.07) is 0. The van der Waals surface area contributed by atoms with Gasteiger partial charge in [-0.1, -0.05) is 34.8 Å². The predicted octanol–water partition coefficient (Wildman–Crippen LogP) is 1.98. The van der Waals surface area contributed by atoms with Crippen LogP contribution in [0.15, 0.2) is 0 Å². The molecule has 1 heterocycles. The Hall–Kier alpha value is -0.270.